The zero-order valence-corrected chi connectivity index (χ0v) is 10.2. The standard InChI is InChI=1S/C14H20N2O/c17-14(5-7-15-8-6-14)9-13-4-3-12(10-16-13)11-1-2-11/h3-4,10-11,15,17H,1-2,5-9H2. The molecule has 92 valence electrons. The van der Waals surface area contributed by atoms with Crippen molar-refractivity contribution in [2.24, 2.45) is 0 Å². The summed E-state index contributed by atoms with van der Waals surface area (Å²) in [5, 5.41) is 13.7. The molecular formula is C14H20N2O. The third kappa shape index (κ3) is 2.67. The van der Waals surface area contributed by atoms with Gasteiger partial charge in [0.25, 0.3) is 0 Å². The van der Waals surface area contributed by atoms with Gasteiger partial charge in [-0.05, 0) is 56.3 Å². The number of hydrogen-bond donors (Lipinski definition) is 2. The van der Waals surface area contributed by atoms with Crippen molar-refractivity contribution in [3.8, 4) is 0 Å². The van der Waals surface area contributed by atoms with Crippen LogP contribution in [-0.4, -0.2) is 28.8 Å². The number of nitrogens with one attached hydrogen (secondary N) is 1. The van der Waals surface area contributed by atoms with Crippen molar-refractivity contribution in [2.45, 2.75) is 43.6 Å². The van der Waals surface area contributed by atoms with Crippen molar-refractivity contribution in [2.75, 3.05) is 13.1 Å². The normalized spacial score (nSPS) is 23.6. The van der Waals surface area contributed by atoms with Crippen molar-refractivity contribution in [1.29, 1.82) is 0 Å². The van der Waals surface area contributed by atoms with Gasteiger partial charge in [-0.1, -0.05) is 6.07 Å². The van der Waals surface area contributed by atoms with Crippen LogP contribution in [0.5, 0.6) is 0 Å². The Labute approximate surface area is 102 Å². The number of hydrogen-bond acceptors (Lipinski definition) is 3. The molecule has 0 aromatic carbocycles. The summed E-state index contributed by atoms with van der Waals surface area (Å²) in [6, 6.07) is 4.28. The lowest BCUT2D eigenvalue weighted by atomic mass is 9.87. The topological polar surface area (TPSA) is 45.2 Å². The van der Waals surface area contributed by atoms with Crippen LogP contribution in [0.25, 0.3) is 0 Å². The van der Waals surface area contributed by atoms with E-state index in [9.17, 15) is 5.11 Å². The van der Waals surface area contributed by atoms with Crippen LogP contribution in [0.2, 0.25) is 0 Å². The summed E-state index contributed by atoms with van der Waals surface area (Å²) in [5.74, 6) is 0.763. The molecule has 2 N–H and O–H groups in total. The van der Waals surface area contributed by atoms with Gasteiger partial charge >= 0.3 is 0 Å². The Hall–Kier alpha value is -0.930. The maximum Gasteiger partial charge on any atom is 0.0727 e. The Kier molecular flexibility index (Phi) is 2.89. The van der Waals surface area contributed by atoms with Gasteiger partial charge in [-0.3, -0.25) is 4.98 Å². The molecule has 1 aromatic heterocycles. The Bertz CT molecular complexity index is 378. The number of piperidine rings is 1. The van der Waals surface area contributed by atoms with E-state index in [0.717, 1.165) is 37.5 Å². The third-order valence-corrected chi connectivity index (χ3v) is 3.94. The Balaban J connectivity index is 1.67. The molecule has 2 fully saturated rings. The zero-order valence-electron chi connectivity index (χ0n) is 10.2. The maximum atomic E-state index is 10.4. The predicted octanol–water partition coefficient (Wildman–Crippen LogP) is 1.62. The second kappa shape index (κ2) is 4.39. The average molecular weight is 232 g/mol. The molecule has 1 aliphatic heterocycles. The number of nitrogens with zero attached hydrogens (tertiary/aromatic N) is 1. The molecule has 3 nitrogen and oxygen atoms in total. The van der Waals surface area contributed by atoms with Crippen LogP contribution in [0, 0.1) is 0 Å². The Morgan fingerprint density at radius 3 is 2.65 bits per heavy atom. The van der Waals surface area contributed by atoms with E-state index in [2.05, 4.69) is 22.4 Å². The summed E-state index contributed by atoms with van der Waals surface area (Å²) in [6.45, 7) is 1.83. The van der Waals surface area contributed by atoms with Gasteiger partial charge < -0.3 is 10.4 Å². The quantitative estimate of drug-likeness (QED) is 0.832. The second-order valence-corrected chi connectivity index (χ2v) is 5.51. The molecule has 0 unspecified atom stereocenters. The van der Waals surface area contributed by atoms with Crippen molar-refractivity contribution >= 4 is 0 Å². The van der Waals surface area contributed by atoms with E-state index in [-0.39, 0.29) is 0 Å². The molecule has 0 amide bonds. The average Bonchev–Trinajstić information content (AvgIpc) is 3.14. The highest BCUT2D eigenvalue weighted by atomic mass is 16.3. The number of pyridine rings is 1. The Morgan fingerprint density at radius 2 is 2.06 bits per heavy atom. The van der Waals surface area contributed by atoms with Crippen molar-refractivity contribution in [3.63, 3.8) is 0 Å². The first-order valence-corrected chi connectivity index (χ1v) is 6.63. The van der Waals surface area contributed by atoms with Crippen LogP contribution in [0.1, 0.15) is 42.9 Å². The molecule has 0 radical (unpaired) electrons. The zero-order chi connectivity index (χ0) is 11.7. The van der Waals surface area contributed by atoms with Gasteiger partial charge in [0.15, 0.2) is 0 Å². The molecule has 1 saturated heterocycles. The van der Waals surface area contributed by atoms with E-state index in [1.54, 1.807) is 0 Å². The highest BCUT2D eigenvalue weighted by Gasteiger charge is 2.30. The van der Waals surface area contributed by atoms with Crippen LogP contribution in [0.3, 0.4) is 0 Å². The van der Waals surface area contributed by atoms with Gasteiger partial charge in [0, 0.05) is 18.3 Å². The van der Waals surface area contributed by atoms with Gasteiger partial charge in [-0.2, -0.15) is 0 Å². The van der Waals surface area contributed by atoms with Gasteiger partial charge in [0.05, 0.1) is 5.60 Å². The lowest BCUT2D eigenvalue weighted by Crippen LogP contribution is -2.43. The molecule has 17 heavy (non-hydrogen) atoms. The lowest BCUT2D eigenvalue weighted by Gasteiger charge is -2.32. The maximum absolute atomic E-state index is 10.4. The molecular weight excluding hydrogens is 212 g/mol. The van der Waals surface area contributed by atoms with E-state index in [0.29, 0.717) is 6.42 Å². The van der Waals surface area contributed by atoms with Gasteiger partial charge in [-0.15, -0.1) is 0 Å². The van der Waals surface area contributed by atoms with Gasteiger partial charge in [0.2, 0.25) is 0 Å². The molecule has 3 rings (SSSR count). The minimum atomic E-state index is -0.542. The summed E-state index contributed by atoms with van der Waals surface area (Å²) in [4.78, 5) is 4.50. The molecule has 2 aliphatic rings. The molecule has 0 spiro atoms. The fraction of sp³-hybridized carbons (Fsp3) is 0.643. The van der Waals surface area contributed by atoms with Gasteiger partial charge in [0.1, 0.15) is 0 Å². The first-order chi connectivity index (χ1) is 8.25. The first kappa shape index (κ1) is 11.2. The molecule has 0 bridgehead atoms. The fourth-order valence-electron chi connectivity index (χ4n) is 2.60. The van der Waals surface area contributed by atoms with E-state index >= 15 is 0 Å². The summed E-state index contributed by atoms with van der Waals surface area (Å²) in [6.07, 6.45) is 6.99. The molecule has 1 saturated carbocycles. The minimum Gasteiger partial charge on any atom is -0.389 e. The summed E-state index contributed by atoms with van der Waals surface area (Å²) in [5.41, 5.74) is 1.85. The van der Waals surface area contributed by atoms with Crippen LogP contribution in [0.4, 0.5) is 0 Å². The molecule has 1 aromatic rings. The second-order valence-electron chi connectivity index (χ2n) is 5.51. The van der Waals surface area contributed by atoms with Crippen LogP contribution in [-0.2, 0) is 6.42 Å². The van der Waals surface area contributed by atoms with Crippen molar-refractivity contribution < 1.29 is 5.11 Å². The highest BCUT2D eigenvalue weighted by molar-refractivity contribution is 5.22. The van der Waals surface area contributed by atoms with E-state index in [4.69, 9.17) is 0 Å². The number of aliphatic hydroxyl groups is 1. The molecule has 1 aliphatic carbocycles. The molecule has 0 atom stereocenters. The largest absolute Gasteiger partial charge is 0.389 e. The fourth-order valence-corrected chi connectivity index (χ4v) is 2.60. The summed E-state index contributed by atoms with van der Waals surface area (Å²) in [7, 11) is 0. The summed E-state index contributed by atoms with van der Waals surface area (Å²) < 4.78 is 0. The van der Waals surface area contributed by atoms with E-state index in [1.807, 2.05) is 6.20 Å². The van der Waals surface area contributed by atoms with Crippen molar-refractivity contribution in [3.05, 3.63) is 29.6 Å². The molecule has 3 heteroatoms. The number of rotatable bonds is 3. The monoisotopic (exact) mass is 232 g/mol. The molecule has 2 heterocycles. The minimum absolute atomic E-state index is 0.542. The summed E-state index contributed by atoms with van der Waals surface area (Å²) >= 11 is 0. The highest BCUT2D eigenvalue weighted by Crippen LogP contribution is 2.39. The third-order valence-electron chi connectivity index (χ3n) is 3.94. The SMILES string of the molecule is OC1(Cc2ccc(C3CC3)cn2)CCNCC1. The van der Waals surface area contributed by atoms with E-state index < -0.39 is 5.60 Å². The van der Waals surface area contributed by atoms with Crippen LogP contribution < -0.4 is 5.32 Å². The van der Waals surface area contributed by atoms with Crippen LogP contribution >= 0.6 is 0 Å². The van der Waals surface area contributed by atoms with Gasteiger partial charge in [-0.25, -0.2) is 0 Å². The van der Waals surface area contributed by atoms with Crippen molar-refractivity contribution in [1.82, 2.24) is 10.3 Å². The predicted molar refractivity (Wildman–Crippen MR) is 67.0 cm³/mol. The van der Waals surface area contributed by atoms with Crippen LogP contribution in [0.15, 0.2) is 18.3 Å². The lowest BCUT2D eigenvalue weighted by molar-refractivity contribution is 0.0100. The number of aromatic nitrogens is 1. The Morgan fingerprint density at radius 1 is 1.29 bits per heavy atom. The van der Waals surface area contributed by atoms with E-state index in [1.165, 1.54) is 18.4 Å². The smallest absolute Gasteiger partial charge is 0.0727 e. The first-order valence-electron chi connectivity index (χ1n) is 6.63.